The van der Waals surface area contributed by atoms with Crippen LogP contribution in [0.25, 0.3) is 27.8 Å². The van der Waals surface area contributed by atoms with E-state index in [2.05, 4.69) is 188 Å². The third kappa shape index (κ3) is 5.35. The van der Waals surface area contributed by atoms with E-state index in [-0.39, 0.29) is 11.3 Å². The van der Waals surface area contributed by atoms with Crippen LogP contribution in [0.4, 0.5) is 0 Å². The zero-order valence-corrected chi connectivity index (χ0v) is 33.6. The molecule has 4 aromatic rings. The smallest absolute Gasteiger partial charge is 0.0541 e. The van der Waals surface area contributed by atoms with Gasteiger partial charge in [0.25, 0.3) is 0 Å². The molecule has 3 atom stereocenters. The predicted molar refractivity (Wildman–Crippen MR) is 247 cm³/mol. The van der Waals surface area contributed by atoms with Crippen LogP contribution in [0.2, 0.25) is 0 Å². The minimum Gasteiger partial charge on any atom is -0.0842 e. The second-order valence-electron chi connectivity index (χ2n) is 17.6. The van der Waals surface area contributed by atoms with E-state index in [1.165, 1.54) is 107 Å². The average Bonchev–Trinajstić information content (AvgIpc) is 3.78. The van der Waals surface area contributed by atoms with Gasteiger partial charge in [-0.1, -0.05) is 188 Å². The van der Waals surface area contributed by atoms with Gasteiger partial charge in [0.15, 0.2) is 0 Å². The molecule has 284 valence electrons. The van der Waals surface area contributed by atoms with E-state index < -0.39 is 0 Å². The summed E-state index contributed by atoms with van der Waals surface area (Å²) in [4.78, 5) is 0. The first-order valence-corrected chi connectivity index (χ1v) is 22.0. The minimum absolute atomic E-state index is 0.216. The summed E-state index contributed by atoms with van der Waals surface area (Å²) in [6.07, 6.45) is 43.5. The summed E-state index contributed by atoms with van der Waals surface area (Å²) in [6.45, 7) is 0. The largest absolute Gasteiger partial charge is 0.0842 e. The fourth-order valence-electron chi connectivity index (χ4n) is 12.2. The van der Waals surface area contributed by atoms with Crippen molar-refractivity contribution in [1.82, 2.24) is 0 Å². The summed E-state index contributed by atoms with van der Waals surface area (Å²) in [5.41, 5.74) is 21.8. The summed E-state index contributed by atoms with van der Waals surface area (Å²) in [5, 5.41) is 2.83. The van der Waals surface area contributed by atoms with Gasteiger partial charge < -0.3 is 0 Å². The Morgan fingerprint density at radius 3 is 1.56 bits per heavy atom. The lowest BCUT2D eigenvalue weighted by Gasteiger charge is -2.40. The van der Waals surface area contributed by atoms with E-state index in [0.717, 1.165) is 32.1 Å². The van der Waals surface area contributed by atoms with Gasteiger partial charge >= 0.3 is 0 Å². The van der Waals surface area contributed by atoms with Crippen LogP contribution in [0.3, 0.4) is 0 Å². The molecule has 0 N–H and O–H groups in total. The number of hydrogen-bond donors (Lipinski definition) is 0. The van der Waals surface area contributed by atoms with Crippen LogP contribution in [0.5, 0.6) is 0 Å². The van der Waals surface area contributed by atoms with Crippen LogP contribution >= 0.6 is 0 Å². The van der Waals surface area contributed by atoms with Gasteiger partial charge in [-0.2, -0.15) is 0 Å². The maximum absolute atomic E-state index is 2.50. The van der Waals surface area contributed by atoms with Crippen molar-refractivity contribution in [2.45, 2.75) is 50.4 Å². The maximum atomic E-state index is 2.50. The average molecular weight is 757 g/mol. The Bertz CT molecular complexity index is 2920. The molecule has 0 amide bonds. The number of rotatable bonds is 5. The molecule has 0 saturated heterocycles. The van der Waals surface area contributed by atoms with Crippen molar-refractivity contribution in [3.05, 3.63) is 254 Å². The lowest BCUT2D eigenvalue weighted by molar-refractivity contribution is 0.486. The molecule has 0 saturated carbocycles. The molecule has 0 fully saturated rings. The van der Waals surface area contributed by atoms with Gasteiger partial charge in [-0.3, -0.25) is 0 Å². The molecular weight excluding hydrogens is 709 g/mol. The van der Waals surface area contributed by atoms with Crippen molar-refractivity contribution in [2.24, 2.45) is 17.8 Å². The summed E-state index contributed by atoms with van der Waals surface area (Å²) in [5.74, 6) is 0.901. The van der Waals surface area contributed by atoms with Crippen molar-refractivity contribution < 1.29 is 0 Å². The maximum Gasteiger partial charge on any atom is 0.0541 e. The second kappa shape index (κ2) is 14.0. The van der Waals surface area contributed by atoms with Crippen LogP contribution in [-0.4, -0.2) is 0 Å². The minimum atomic E-state index is -0.216. The van der Waals surface area contributed by atoms with Gasteiger partial charge in [0.2, 0.25) is 0 Å². The molecule has 12 rings (SSSR count). The number of allylic oxidation sites excluding steroid dienone is 22. The first kappa shape index (κ1) is 34.8. The monoisotopic (exact) mass is 756 g/mol. The Kier molecular flexibility index (Phi) is 8.22. The lowest BCUT2D eigenvalue weighted by Crippen LogP contribution is -2.41. The molecule has 0 heteroatoms. The third-order valence-corrected chi connectivity index (χ3v) is 14.7. The zero-order chi connectivity index (χ0) is 38.9. The Hall–Kier alpha value is -6.24. The normalized spacial score (nSPS) is 24.1. The quantitative estimate of drug-likeness (QED) is 0.190. The van der Waals surface area contributed by atoms with Crippen LogP contribution in [-0.2, 0) is 5.41 Å². The van der Waals surface area contributed by atoms with Crippen molar-refractivity contribution in [3.8, 4) is 11.1 Å². The van der Waals surface area contributed by atoms with Gasteiger partial charge in [0.1, 0.15) is 0 Å². The number of benzene rings is 4. The van der Waals surface area contributed by atoms with Gasteiger partial charge in [-0.25, -0.2) is 0 Å². The highest BCUT2D eigenvalue weighted by molar-refractivity contribution is 5.94. The molecule has 1 spiro atoms. The molecule has 0 heterocycles. The van der Waals surface area contributed by atoms with E-state index in [1.54, 1.807) is 0 Å². The summed E-state index contributed by atoms with van der Waals surface area (Å²) >= 11 is 0. The molecule has 0 aromatic heterocycles. The Balaban J connectivity index is 0.943. The molecule has 59 heavy (non-hydrogen) atoms. The van der Waals surface area contributed by atoms with E-state index in [4.69, 9.17) is 0 Å². The molecule has 3 unspecified atom stereocenters. The molecule has 0 radical (unpaired) electrons. The second-order valence-corrected chi connectivity index (χ2v) is 17.6. The van der Waals surface area contributed by atoms with Crippen LogP contribution in [0.1, 0.15) is 67.2 Å². The molecule has 8 aliphatic rings. The fourth-order valence-corrected chi connectivity index (χ4v) is 12.2. The number of hydrogen-bond acceptors (Lipinski definition) is 0. The van der Waals surface area contributed by atoms with Gasteiger partial charge in [-0.15, -0.1) is 0 Å². The van der Waals surface area contributed by atoms with Gasteiger partial charge in [0.05, 0.1) is 5.41 Å². The Morgan fingerprint density at radius 2 is 0.966 bits per heavy atom. The fraction of sp³-hybridized carbons (Fsp3) is 0.186. The predicted octanol–water partition coefficient (Wildman–Crippen LogP) is 12.8. The zero-order valence-electron chi connectivity index (χ0n) is 33.6. The standard InChI is InChI=1S/C59H48/c1-2-14-41(15-3-1)42-32-28-39(29-33-42)26-27-40-30-34-43(35-31-40)57-49-19-4-6-21-51(49)58(52-22-7-5-20-50(52)57)44-36-37-48-47-18-10-13-25-55(47)59(56(48)38-44)53-23-11-8-16-45(53)46-17-9-12-24-54(46)59/h1-2,4-14,16-28,30,32,34,36-37,49,51,56H,3,15,29,31,33,35,38H2. The Morgan fingerprint density at radius 1 is 0.441 bits per heavy atom. The topological polar surface area (TPSA) is 0 Å². The highest BCUT2D eigenvalue weighted by Gasteiger charge is 2.56. The molecule has 0 bridgehead atoms. The molecule has 0 nitrogen and oxygen atoms in total. The van der Waals surface area contributed by atoms with E-state index in [0.29, 0.717) is 11.8 Å². The summed E-state index contributed by atoms with van der Waals surface area (Å²) in [6, 6.07) is 37.1. The van der Waals surface area contributed by atoms with Crippen LogP contribution in [0.15, 0.2) is 222 Å². The highest BCUT2D eigenvalue weighted by atomic mass is 14.6. The molecule has 8 aliphatic carbocycles. The van der Waals surface area contributed by atoms with E-state index in [9.17, 15) is 0 Å². The van der Waals surface area contributed by atoms with Crippen molar-refractivity contribution in [1.29, 1.82) is 0 Å². The van der Waals surface area contributed by atoms with Crippen molar-refractivity contribution >= 4 is 16.7 Å². The first-order valence-electron chi connectivity index (χ1n) is 22.0. The third-order valence-electron chi connectivity index (χ3n) is 14.7. The molecular formula is C59H48. The highest BCUT2D eigenvalue weighted by Crippen LogP contribution is 2.66. The van der Waals surface area contributed by atoms with Crippen molar-refractivity contribution in [2.75, 3.05) is 0 Å². The lowest BCUT2D eigenvalue weighted by atomic mass is 9.62. The van der Waals surface area contributed by atoms with Crippen molar-refractivity contribution in [3.63, 3.8) is 0 Å². The molecule has 0 aliphatic heterocycles. The number of fused-ring (bicyclic) bond motifs is 12. The van der Waals surface area contributed by atoms with E-state index >= 15 is 0 Å². The van der Waals surface area contributed by atoms with Crippen LogP contribution < -0.4 is 10.4 Å². The Labute approximate surface area is 348 Å². The van der Waals surface area contributed by atoms with E-state index in [1.807, 2.05) is 0 Å². The van der Waals surface area contributed by atoms with Gasteiger partial charge in [0, 0.05) is 17.8 Å². The van der Waals surface area contributed by atoms with Gasteiger partial charge in [-0.05, 0) is 139 Å². The SMILES string of the molecule is C1=CCCC(C2=CC=C(C=CC3=CC=C(C4=c5ccccc5=C(C5=CC=C6c7ccccc7C7(c8ccccc8-c8ccccc87)C6C5)C5C=CC=CC45)CC3)CC2)=C1. The van der Waals surface area contributed by atoms with Crippen LogP contribution in [0, 0.1) is 17.8 Å². The first-order chi connectivity index (χ1) is 29.3. The summed E-state index contributed by atoms with van der Waals surface area (Å²) < 4.78 is 0. The molecule has 4 aromatic carbocycles. The summed E-state index contributed by atoms with van der Waals surface area (Å²) in [7, 11) is 0.